The Hall–Kier alpha value is -1.55. The molecule has 1 N–H and O–H groups in total. The lowest BCUT2D eigenvalue weighted by Gasteiger charge is -2.22. The zero-order valence-corrected chi connectivity index (χ0v) is 11.9. The third kappa shape index (κ3) is 3.47. The van der Waals surface area contributed by atoms with E-state index in [1.807, 2.05) is 36.1 Å². The summed E-state index contributed by atoms with van der Waals surface area (Å²) in [6, 6.07) is 7.78. The van der Waals surface area contributed by atoms with Crippen molar-refractivity contribution in [2.75, 3.05) is 45.1 Å². The minimum absolute atomic E-state index is 0.145. The maximum atomic E-state index is 12.6. The highest BCUT2D eigenvalue weighted by Crippen LogP contribution is 2.18. The molecule has 1 amide bonds. The number of carbonyl (C=O) groups is 1. The van der Waals surface area contributed by atoms with Gasteiger partial charge in [0, 0.05) is 31.9 Å². The number of carbonyl (C=O) groups excluding carboxylic acids is 1. The molecule has 0 aromatic heterocycles. The van der Waals surface area contributed by atoms with Crippen molar-refractivity contribution < 1.29 is 4.79 Å². The number of hydrogen-bond acceptors (Lipinski definition) is 3. The van der Waals surface area contributed by atoms with Crippen LogP contribution >= 0.6 is 0 Å². The topological polar surface area (TPSA) is 35.6 Å². The SMILES string of the molecule is CCNc1ccccc1C(=O)N1CCCN(C)CC1. The first-order valence-corrected chi connectivity index (χ1v) is 7.03. The summed E-state index contributed by atoms with van der Waals surface area (Å²) in [5.74, 6) is 0.145. The van der Waals surface area contributed by atoms with E-state index in [1.54, 1.807) is 0 Å². The third-order valence-electron chi connectivity index (χ3n) is 3.53. The molecule has 1 heterocycles. The molecule has 0 aliphatic carbocycles. The van der Waals surface area contributed by atoms with Crippen LogP contribution in [0.3, 0.4) is 0 Å². The van der Waals surface area contributed by atoms with Crippen molar-refractivity contribution in [3.05, 3.63) is 29.8 Å². The Balaban J connectivity index is 2.14. The predicted octanol–water partition coefficient (Wildman–Crippen LogP) is 1.90. The third-order valence-corrected chi connectivity index (χ3v) is 3.53. The molecule has 0 saturated carbocycles. The van der Waals surface area contributed by atoms with Crippen molar-refractivity contribution >= 4 is 11.6 Å². The van der Waals surface area contributed by atoms with Gasteiger partial charge in [-0.25, -0.2) is 0 Å². The molecule has 19 heavy (non-hydrogen) atoms. The van der Waals surface area contributed by atoms with Crippen LogP contribution in [-0.2, 0) is 0 Å². The molecule has 0 atom stereocenters. The molecule has 4 nitrogen and oxygen atoms in total. The first kappa shape index (κ1) is 13.9. The van der Waals surface area contributed by atoms with Gasteiger partial charge >= 0.3 is 0 Å². The van der Waals surface area contributed by atoms with Crippen LogP contribution in [0.5, 0.6) is 0 Å². The Morgan fingerprint density at radius 3 is 2.79 bits per heavy atom. The van der Waals surface area contributed by atoms with Crippen molar-refractivity contribution in [1.82, 2.24) is 9.80 Å². The maximum absolute atomic E-state index is 12.6. The Morgan fingerprint density at radius 2 is 2.00 bits per heavy atom. The van der Waals surface area contributed by atoms with Crippen LogP contribution in [0.4, 0.5) is 5.69 Å². The molecule has 1 aliphatic rings. The van der Waals surface area contributed by atoms with Crippen LogP contribution in [0.1, 0.15) is 23.7 Å². The van der Waals surface area contributed by atoms with Gasteiger partial charge in [-0.2, -0.15) is 0 Å². The van der Waals surface area contributed by atoms with Gasteiger partial charge < -0.3 is 15.1 Å². The van der Waals surface area contributed by atoms with E-state index in [-0.39, 0.29) is 5.91 Å². The number of nitrogens with one attached hydrogen (secondary N) is 1. The summed E-state index contributed by atoms with van der Waals surface area (Å²) < 4.78 is 0. The second-order valence-electron chi connectivity index (χ2n) is 5.02. The minimum atomic E-state index is 0.145. The monoisotopic (exact) mass is 261 g/mol. The van der Waals surface area contributed by atoms with E-state index in [1.165, 1.54) is 0 Å². The molecule has 4 heteroatoms. The van der Waals surface area contributed by atoms with E-state index in [0.29, 0.717) is 0 Å². The summed E-state index contributed by atoms with van der Waals surface area (Å²) in [6.45, 7) is 6.56. The smallest absolute Gasteiger partial charge is 0.255 e. The lowest BCUT2D eigenvalue weighted by molar-refractivity contribution is 0.0764. The van der Waals surface area contributed by atoms with Gasteiger partial charge in [0.25, 0.3) is 5.91 Å². The highest BCUT2D eigenvalue weighted by atomic mass is 16.2. The van der Waals surface area contributed by atoms with Crippen molar-refractivity contribution in [2.24, 2.45) is 0 Å². The second-order valence-corrected chi connectivity index (χ2v) is 5.02. The van der Waals surface area contributed by atoms with Gasteiger partial charge in [0.2, 0.25) is 0 Å². The second kappa shape index (κ2) is 6.57. The molecule has 0 unspecified atom stereocenters. The van der Waals surface area contributed by atoms with Gasteiger partial charge in [-0.1, -0.05) is 12.1 Å². The van der Waals surface area contributed by atoms with E-state index in [0.717, 1.165) is 50.4 Å². The van der Waals surface area contributed by atoms with Gasteiger partial charge in [-0.15, -0.1) is 0 Å². The average molecular weight is 261 g/mol. The van der Waals surface area contributed by atoms with Crippen molar-refractivity contribution in [3.63, 3.8) is 0 Å². The highest BCUT2D eigenvalue weighted by molar-refractivity contribution is 5.99. The quantitative estimate of drug-likeness (QED) is 0.902. The lowest BCUT2D eigenvalue weighted by atomic mass is 10.1. The molecule has 1 saturated heterocycles. The van der Waals surface area contributed by atoms with Gasteiger partial charge in [0.05, 0.1) is 5.56 Å². The van der Waals surface area contributed by atoms with Crippen molar-refractivity contribution in [1.29, 1.82) is 0 Å². The number of likely N-dealkylation sites (N-methyl/N-ethyl adjacent to an activating group) is 1. The average Bonchev–Trinajstić information content (AvgIpc) is 2.64. The molecular weight excluding hydrogens is 238 g/mol. The summed E-state index contributed by atoms with van der Waals surface area (Å²) in [6.07, 6.45) is 1.05. The van der Waals surface area contributed by atoms with Crippen LogP contribution < -0.4 is 5.32 Å². The van der Waals surface area contributed by atoms with Gasteiger partial charge in [0.15, 0.2) is 0 Å². The fourth-order valence-electron chi connectivity index (χ4n) is 2.43. The molecule has 1 aromatic carbocycles. The van der Waals surface area contributed by atoms with Crippen LogP contribution in [-0.4, -0.2) is 55.5 Å². The molecule has 104 valence electrons. The Bertz CT molecular complexity index is 433. The van der Waals surface area contributed by atoms with Gasteiger partial charge in [-0.05, 0) is 39.1 Å². The Morgan fingerprint density at radius 1 is 1.21 bits per heavy atom. The molecule has 2 rings (SSSR count). The van der Waals surface area contributed by atoms with Crippen LogP contribution in [0.2, 0.25) is 0 Å². The fourth-order valence-corrected chi connectivity index (χ4v) is 2.43. The number of hydrogen-bond donors (Lipinski definition) is 1. The van der Waals surface area contributed by atoms with Crippen LogP contribution in [0.25, 0.3) is 0 Å². The first-order chi connectivity index (χ1) is 9.22. The zero-order chi connectivity index (χ0) is 13.7. The maximum Gasteiger partial charge on any atom is 0.255 e. The summed E-state index contributed by atoms with van der Waals surface area (Å²) in [5, 5.41) is 3.26. The zero-order valence-electron chi connectivity index (χ0n) is 11.9. The summed E-state index contributed by atoms with van der Waals surface area (Å²) >= 11 is 0. The minimum Gasteiger partial charge on any atom is -0.385 e. The fraction of sp³-hybridized carbons (Fsp3) is 0.533. The van der Waals surface area contributed by atoms with Gasteiger partial charge in [0.1, 0.15) is 0 Å². The summed E-state index contributed by atoms with van der Waals surface area (Å²) in [5.41, 5.74) is 1.72. The van der Waals surface area contributed by atoms with Crippen LogP contribution in [0, 0.1) is 0 Å². The van der Waals surface area contributed by atoms with E-state index in [4.69, 9.17) is 0 Å². The summed E-state index contributed by atoms with van der Waals surface area (Å²) in [7, 11) is 2.11. The molecule has 1 fully saturated rings. The van der Waals surface area contributed by atoms with E-state index in [2.05, 4.69) is 17.3 Å². The molecule has 1 aromatic rings. The molecule has 0 radical (unpaired) electrons. The number of benzene rings is 1. The normalized spacial score (nSPS) is 17.1. The van der Waals surface area contributed by atoms with Crippen molar-refractivity contribution in [2.45, 2.75) is 13.3 Å². The largest absolute Gasteiger partial charge is 0.385 e. The van der Waals surface area contributed by atoms with E-state index >= 15 is 0 Å². The Kier molecular flexibility index (Phi) is 4.80. The lowest BCUT2D eigenvalue weighted by Crippen LogP contribution is -2.34. The number of amides is 1. The molecule has 0 bridgehead atoms. The molecule has 0 spiro atoms. The summed E-state index contributed by atoms with van der Waals surface area (Å²) in [4.78, 5) is 16.9. The van der Waals surface area contributed by atoms with E-state index < -0.39 is 0 Å². The van der Waals surface area contributed by atoms with Gasteiger partial charge in [-0.3, -0.25) is 4.79 Å². The number of anilines is 1. The Labute approximate surface area is 115 Å². The predicted molar refractivity (Wildman–Crippen MR) is 78.6 cm³/mol. The number of para-hydroxylation sites is 1. The molecular formula is C15H23N3O. The standard InChI is InChI=1S/C15H23N3O/c1-3-16-14-8-5-4-7-13(14)15(19)18-10-6-9-17(2)11-12-18/h4-5,7-8,16H,3,6,9-12H2,1-2H3. The van der Waals surface area contributed by atoms with Crippen LogP contribution in [0.15, 0.2) is 24.3 Å². The highest BCUT2D eigenvalue weighted by Gasteiger charge is 2.20. The molecule has 1 aliphatic heterocycles. The first-order valence-electron chi connectivity index (χ1n) is 7.03. The number of nitrogens with zero attached hydrogens (tertiary/aromatic N) is 2. The number of rotatable bonds is 3. The van der Waals surface area contributed by atoms with E-state index in [9.17, 15) is 4.79 Å². The van der Waals surface area contributed by atoms with Crippen molar-refractivity contribution in [3.8, 4) is 0 Å².